The first-order valence-corrected chi connectivity index (χ1v) is 7.69. The first-order chi connectivity index (χ1) is 10.9. The third kappa shape index (κ3) is 9.54. The molecule has 0 fully saturated rings. The van der Waals surface area contributed by atoms with Crippen LogP contribution in [0.3, 0.4) is 0 Å². The van der Waals surface area contributed by atoms with Crippen LogP contribution in [0.4, 0.5) is 0 Å². The van der Waals surface area contributed by atoms with Crippen molar-refractivity contribution in [3.8, 4) is 11.8 Å². The third-order valence-corrected chi connectivity index (χ3v) is 2.98. The van der Waals surface area contributed by atoms with Gasteiger partial charge in [0, 0.05) is 12.8 Å². The van der Waals surface area contributed by atoms with Crippen molar-refractivity contribution in [2.45, 2.75) is 40.0 Å². The van der Waals surface area contributed by atoms with Gasteiger partial charge in [0.15, 0.2) is 0 Å². The summed E-state index contributed by atoms with van der Waals surface area (Å²) in [7, 11) is 1.64. The standard InChI is InChI=1S/C13H18O3.C5H9NO/c1-3-6-13(14)16-10-9-11-7-4-5-8-12(11)15-2;1-5(2,3-6)4-7/h4-5,7-8H,3,6,9-10H2,1-2H3;7H,4H2,1-2H3. The summed E-state index contributed by atoms with van der Waals surface area (Å²) in [5.41, 5.74) is 0.509. The molecule has 0 spiro atoms. The molecule has 0 unspecified atom stereocenters. The fourth-order valence-electron chi connectivity index (χ4n) is 1.50. The van der Waals surface area contributed by atoms with Crippen LogP contribution in [0, 0.1) is 16.7 Å². The SMILES string of the molecule is CC(C)(C#N)CO.CCCC(=O)OCCc1ccccc1OC. The number of methoxy groups -OCH3 is 1. The Morgan fingerprint density at radius 1 is 1.35 bits per heavy atom. The Hall–Kier alpha value is -2.06. The fraction of sp³-hybridized carbons (Fsp3) is 0.556. The van der Waals surface area contributed by atoms with Crippen molar-refractivity contribution < 1.29 is 19.4 Å². The fourth-order valence-corrected chi connectivity index (χ4v) is 1.50. The lowest BCUT2D eigenvalue weighted by molar-refractivity contribution is -0.143. The molecule has 0 aliphatic rings. The Kier molecular flexibility index (Phi) is 10.5. The van der Waals surface area contributed by atoms with Crippen LogP contribution in [0.1, 0.15) is 39.2 Å². The molecule has 0 aliphatic heterocycles. The first-order valence-electron chi connectivity index (χ1n) is 7.69. The number of esters is 1. The van der Waals surface area contributed by atoms with E-state index in [1.165, 1.54) is 0 Å². The zero-order valence-corrected chi connectivity index (χ0v) is 14.5. The maximum atomic E-state index is 11.1. The van der Waals surface area contributed by atoms with Crippen molar-refractivity contribution in [3.05, 3.63) is 29.8 Å². The Labute approximate surface area is 138 Å². The molecule has 1 aromatic carbocycles. The van der Waals surface area contributed by atoms with Crippen LogP contribution in [0.25, 0.3) is 0 Å². The molecule has 128 valence electrons. The predicted octanol–water partition coefficient (Wildman–Crippen LogP) is 3.11. The van der Waals surface area contributed by atoms with E-state index in [-0.39, 0.29) is 12.6 Å². The van der Waals surface area contributed by atoms with Crippen LogP contribution in [0.2, 0.25) is 0 Å². The molecular formula is C18H27NO4. The van der Waals surface area contributed by atoms with Crippen LogP contribution in [-0.2, 0) is 16.0 Å². The van der Waals surface area contributed by atoms with Gasteiger partial charge in [-0.3, -0.25) is 4.79 Å². The molecule has 0 heterocycles. The summed E-state index contributed by atoms with van der Waals surface area (Å²) in [5, 5.41) is 16.6. The minimum atomic E-state index is -0.556. The van der Waals surface area contributed by atoms with Gasteiger partial charge in [-0.15, -0.1) is 0 Å². The average Bonchev–Trinajstić information content (AvgIpc) is 2.56. The highest BCUT2D eigenvalue weighted by atomic mass is 16.5. The molecule has 0 bridgehead atoms. The Balaban J connectivity index is 0.000000585. The predicted molar refractivity (Wildman–Crippen MR) is 89.0 cm³/mol. The Morgan fingerprint density at radius 3 is 2.48 bits per heavy atom. The largest absolute Gasteiger partial charge is 0.496 e. The van der Waals surface area contributed by atoms with Gasteiger partial charge in [0.2, 0.25) is 0 Å². The minimum Gasteiger partial charge on any atom is -0.496 e. The quantitative estimate of drug-likeness (QED) is 0.781. The maximum Gasteiger partial charge on any atom is 0.305 e. The summed E-state index contributed by atoms with van der Waals surface area (Å²) in [4.78, 5) is 11.1. The third-order valence-electron chi connectivity index (χ3n) is 2.98. The number of aliphatic hydroxyl groups excluding tert-OH is 1. The van der Waals surface area contributed by atoms with Crippen LogP contribution in [0.5, 0.6) is 5.75 Å². The number of hydrogen-bond acceptors (Lipinski definition) is 5. The van der Waals surface area contributed by atoms with Gasteiger partial charge >= 0.3 is 5.97 Å². The summed E-state index contributed by atoms with van der Waals surface area (Å²) in [6, 6.07) is 9.70. The van der Waals surface area contributed by atoms with Crippen molar-refractivity contribution in [3.63, 3.8) is 0 Å². The molecule has 5 nitrogen and oxygen atoms in total. The van der Waals surface area contributed by atoms with Crippen LogP contribution >= 0.6 is 0 Å². The highest BCUT2D eigenvalue weighted by Crippen LogP contribution is 2.17. The summed E-state index contributed by atoms with van der Waals surface area (Å²) in [6.45, 7) is 5.68. The molecule has 5 heteroatoms. The van der Waals surface area contributed by atoms with E-state index in [4.69, 9.17) is 19.8 Å². The summed E-state index contributed by atoms with van der Waals surface area (Å²) in [6.07, 6.45) is 2.01. The topological polar surface area (TPSA) is 79.5 Å². The molecular weight excluding hydrogens is 294 g/mol. The van der Waals surface area contributed by atoms with E-state index in [1.54, 1.807) is 21.0 Å². The number of carbonyl (C=O) groups excluding carboxylic acids is 1. The number of benzene rings is 1. The van der Waals surface area contributed by atoms with E-state index < -0.39 is 5.41 Å². The molecule has 0 aromatic heterocycles. The normalized spacial score (nSPS) is 10.1. The number of para-hydroxylation sites is 1. The maximum absolute atomic E-state index is 11.1. The number of hydrogen-bond donors (Lipinski definition) is 1. The van der Waals surface area contributed by atoms with Gasteiger partial charge in [0.05, 0.1) is 31.8 Å². The molecule has 0 radical (unpaired) electrons. The van der Waals surface area contributed by atoms with E-state index in [2.05, 4.69) is 0 Å². The van der Waals surface area contributed by atoms with Gasteiger partial charge in [-0.2, -0.15) is 5.26 Å². The number of nitrogens with zero attached hydrogens (tertiary/aromatic N) is 1. The molecule has 1 rings (SSSR count). The first kappa shape index (κ1) is 20.9. The van der Waals surface area contributed by atoms with Gasteiger partial charge in [-0.05, 0) is 31.9 Å². The summed E-state index contributed by atoms with van der Waals surface area (Å²) < 4.78 is 10.3. The van der Waals surface area contributed by atoms with Gasteiger partial charge in [-0.1, -0.05) is 25.1 Å². The second-order valence-electron chi connectivity index (χ2n) is 5.69. The van der Waals surface area contributed by atoms with E-state index in [1.807, 2.05) is 37.3 Å². The van der Waals surface area contributed by atoms with Gasteiger partial charge in [0.25, 0.3) is 0 Å². The molecule has 0 aliphatic carbocycles. The highest BCUT2D eigenvalue weighted by Gasteiger charge is 2.13. The Bertz CT molecular complexity index is 506. The number of carbonyl (C=O) groups is 1. The minimum absolute atomic E-state index is 0.0660. The van der Waals surface area contributed by atoms with E-state index in [0.717, 1.165) is 17.7 Å². The number of ether oxygens (including phenoxy) is 2. The van der Waals surface area contributed by atoms with Crippen molar-refractivity contribution in [1.82, 2.24) is 0 Å². The molecule has 0 amide bonds. The van der Waals surface area contributed by atoms with Crippen LogP contribution in [0.15, 0.2) is 24.3 Å². The lowest BCUT2D eigenvalue weighted by Crippen LogP contribution is -2.12. The zero-order valence-electron chi connectivity index (χ0n) is 14.5. The van der Waals surface area contributed by atoms with Crippen molar-refractivity contribution in [2.75, 3.05) is 20.3 Å². The van der Waals surface area contributed by atoms with Crippen molar-refractivity contribution >= 4 is 5.97 Å². The summed E-state index contributed by atoms with van der Waals surface area (Å²) >= 11 is 0. The van der Waals surface area contributed by atoms with Crippen molar-refractivity contribution in [2.24, 2.45) is 5.41 Å². The van der Waals surface area contributed by atoms with Crippen LogP contribution in [-0.4, -0.2) is 31.4 Å². The lowest BCUT2D eigenvalue weighted by Gasteiger charge is -2.08. The van der Waals surface area contributed by atoms with Gasteiger partial charge in [-0.25, -0.2) is 0 Å². The molecule has 0 saturated heterocycles. The number of nitriles is 1. The summed E-state index contributed by atoms with van der Waals surface area (Å²) in [5.74, 6) is 0.714. The second kappa shape index (κ2) is 11.5. The number of aliphatic hydroxyl groups is 1. The van der Waals surface area contributed by atoms with E-state index >= 15 is 0 Å². The van der Waals surface area contributed by atoms with E-state index in [9.17, 15) is 4.79 Å². The lowest BCUT2D eigenvalue weighted by atomic mass is 9.98. The smallest absolute Gasteiger partial charge is 0.305 e. The van der Waals surface area contributed by atoms with E-state index in [0.29, 0.717) is 19.4 Å². The molecule has 1 N–H and O–H groups in total. The highest BCUT2D eigenvalue weighted by molar-refractivity contribution is 5.69. The average molecular weight is 321 g/mol. The van der Waals surface area contributed by atoms with Gasteiger partial charge in [0.1, 0.15) is 5.75 Å². The molecule has 0 saturated carbocycles. The van der Waals surface area contributed by atoms with Crippen molar-refractivity contribution in [1.29, 1.82) is 5.26 Å². The molecule has 1 aromatic rings. The van der Waals surface area contributed by atoms with Crippen LogP contribution < -0.4 is 4.74 Å². The molecule has 23 heavy (non-hydrogen) atoms. The second-order valence-corrected chi connectivity index (χ2v) is 5.69. The van der Waals surface area contributed by atoms with Gasteiger partial charge < -0.3 is 14.6 Å². The number of rotatable bonds is 7. The monoisotopic (exact) mass is 321 g/mol. The Morgan fingerprint density at radius 2 is 2.00 bits per heavy atom. The molecule has 0 atom stereocenters. The zero-order chi connectivity index (χ0) is 17.7.